The molecule has 0 saturated heterocycles. The van der Waals surface area contributed by atoms with Crippen molar-refractivity contribution < 1.29 is 19.1 Å². The monoisotopic (exact) mass is 322 g/mol. The zero-order valence-corrected chi connectivity index (χ0v) is 14.1. The molecule has 0 saturated carbocycles. The third-order valence-corrected chi connectivity index (χ3v) is 2.72. The van der Waals surface area contributed by atoms with Gasteiger partial charge in [-0.3, -0.25) is 4.79 Å². The molecular formula is C17H26N2O4. The molecule has 0 aliphatic rings. The Labute approximate surface area is 137 Å². The molecule has 1 rings (SSSR count). The van der Waals surface area contributed by atoms with Gasteiger partial charge in [0.1, 0.15) is 12.2 Å². The van der Waals surface area contributed by atoms with E-state index in [1.165, 1.54) is 0 Å². The fourth-order valence-electron chi connectivity index (χ4n) is 1.69. The van der Waals surface area contributed by atoms with Gasteiger partial charge in [0.15, 0.2) is 0 Å². The number of carbonyl (C=O) groups is 2. The third-order valence-electron chi connectivity index (χ3n) is 2.72. The first-order chi connectivity index (χ1) is 10.9. The van der Waals surface area contributed by atoms with Gasteiger partial charge in [0.05, 0.1) is 6.42 Å². The van der Waals surface area contributed by atoms with E-state index < -0.39 is 11.7 Å². The van der Waals surface area contributed by atoms with E-state index in [0.29, 0.717) is 32.7 Å². The lowest BCUT2D eigenvalue weighted by Crippen LogP contribution is -2.36. The van der Waals surface area contributed by atoms with Crippen LogP contribution in [0, 0.1) is 0 Å². The molecule has 0 atom stereocenters. The van der Waals surface area contributed by atoms with Crippen molar-refractivity contribution in [2.45, 2.75) is 39.4 Å². The Morgan fingerprint density at radius 1 is 1.04 bits per heavy atom. The highest BCUT2D eigenvalue weighted by molar-refractivity contribution is 5.69. The second-order valence-electron chi connectivity index (χ2n) is 6.07. The molecular weight excluding hydrogens is 296 g/mol. The number of ether oxygens (including phenoxy) is 2. The lowest BCUT2D eigenvalue weighted by Gasteiger charge is -2.19. The molecule has 0 heterocycles. The number of rotatable bonds is 8. The number of hydrogen-bond acceptors (Lipinski definition) is 5. The number of alkyl carbamates (subject to hydrolysis) is 1. The fraction of sp³-hybridized carbons (Fsp3) is 0.529. The molecule has 2 N–H and O–H groups in total. The molecule has 0 fully saturated rings. The van der Waals surface area contributed by atoms with Crippen LogP contribution in [0.1, 0.15) is 32.8 Å². The SMILES string of the molecule is CC(C)(C)OC(=O)NCCNCCC(=O)OCc1ccccc1. The molecule has 0 spiro atoms. The second-order valence-corrected chi connectivity index (χ2v) is 6.07. The average molecular weight is 322 g/mol. The summed E-state index contributed by atoms with van der Waals surface area (Å²) in [6.07, 6.45) is -0.152. The van der Waals surface area contributed by atoms with Crippen molar-refractivity contribution >= 4 is 12.1 Å². The first-order valence-corrected chi connectivity index (χ1v) is 7.74. The minimum absolute atomic E-state index is 0.249. The van der Waals surface area contributed by atoms with Gasteiger partial charge in [0.25, 0.3) is 0 Å². The van der Waals surface area contributed by atoms with Crippen LogP contribution >= 0.6 is 0 Å². The third kappa shape index (κ3) is 10.3. The Kier molecular flexibility index (Phi) is 8.11. The van der Waals surface area contributed by atoms with Crippen molar-refractivity contribution in [3.8, 4) is 0 Å². The second kappa shape index (κ2) is 9.84. The van der Waals surface area contributed by atoms with Gasteiger partial charge in [0.2, 0.25) is 0 Å². The van der Waals surface area contributed by atoms with E-state index in [-0.39, 0.29) is 5.97 Å². The number of esters is 1. The van der Waals surface area contributed by atoms with Crippen LogP contribution in [-0.2, 0) is 20.9 Å². The van der Waals surface area contributed by atoms with Crippen LogP contribution in [0.2, 0.25) is 0 Å². The van der Waals surface area contributed by atoms with E-state index in [1.807, 2.05) is 51.1 Å². The summed E-state index contributed by atoms with van der Waals surface area (Å²) in [7, 11) is 0. The fourth-order valence-corrected chi connectivity index (χ4v) is 1.69. The van der Waals surface area contributed by atoms with Crippen LogP contribution in [-0.4, -0.2) is 37.3 Å². The molecule has 0 unspecified atom stereocenters. The number of amides is 1. The largest absolute Gasteiger partial charge is 0.461 e. The normalized spacial score (nSPS) is 10.9. The molecule has 0 radical (unpaired) electrons. The maximum atomic E-state index is 11.6. The van der Waals surface area contributed by atoms with Crippen LogP contribution < -0.4 is 10.6 Å². The van der Waals surface area contributed by atoms with Crippen LogP contribution in [0.15, 0.2) is 30.3 Å². The molecule has 1 aromatic rings. The van der Waals surface area contributed by atoms with Gasteiger partial charge in [-0.25, -0.2) is 4.79 Å². The molecule has 6 nitrogen and oxygen atoms in total. The van der Waals surface area contributed by atoms with Gasteiger partial charge in [0, 0.05) is 19.6 Å². The van der Waals surface area contributed by atoms with Crippen LogP contribution in [0.5, 0.6) is 0 Å². The smallest absolute Gasteiger partial charge is 0.407 e. The van der Waals surface area contributed by atoms with Crippen molar-refractivity contribution in [3.05, 3.63) is 35.9 Å². The number of nitrogens with one attached hydrogen (secondary N) is 2. The minimum atomic E-state index is -0.500. The standard InChI is InChI=1S/C17H26N2O4/c1-17(2,3)23-16(21)19-12-11-18-10-9-15(20)22-13-14-7-5-4-6-8-14/h4-8,18H,9-13H2,1-3H3,(H,19,21). The number of benzene rings is 1. The highest BCUT2D eigenvalue weighted by Crippen LogP contribution is 2.06. The lowest BCUT2D eigenvalue weighted by atomic mass is 10.2. The van der Waals surface area contributed by atoms with Crippen molar-refractivity contribution in [1.29, 1.82) is 0 Å². The number of hydrogen-bond donors (Lipinski definition) is 2. The highest BCUT2D eigenvalue weighted by Gasteiger charge is 2.15. The van der Waals surface area contributed by atoms with E-state index in [0.717, 1.165) is 5.56 Å². The topological polar surface area (TPSA) is 76.7 Å². The molecule has 1 aromatic carbocycles. The first kappa shape index (κ1) is 19.0. The van der Waals surface area contributed by atoms with Crippen molar-refractivity contribution in [2.75, 3.05) is 19.6 Å². The predicted octanol–water partition coefficient (Wildman–Crippen LogP) is 2.23. The molecule has 0 bridgehead atoms. The molecule has 6 heteroatoms. The molecule has 0 aromatic heterocycles. The molecule has 128 valence electrons. The first-order valence-electron chi connectivity index (χ1n) is 7.74. The maximum absolute atomic E-state index is 11.6. The quantitative estimate of drug-likeness (QED) is 0.567. The van der Waals surface area contributed by atoms with Crippen molar-refractivity contribution in [1.82, 2.24) is 10.6 Å². The van der Waals surface area contributed by atoms with Crippen LogP contribution in [0.4, 0.5) is 4.79 Å². The van der Waals surface area contributed by atoms with Crippen molar-refractivity contribution in [3.63, 3.8) is 0 Å². The Morgan fingerprint density at radius 2 is 1.74 bits per heavy atom. The molecule has 23 heavy (non-hydrogen) atoms. The van der Waals surface area contributed by atoms with Gasteiger partial charge in [-0.05, 0) is 26.3 Å². The zero-order chi connectivity index (χ0) is 17.1. The number of carbonyl (C=O) groups excluding carboxylic acids is 2. The van der Waals surface area contributed by atoms with Crippen molar-refractivity contribution in [2.24, 2.45) is 0 Å². The summed E-state index contributed by atoms with van der Waals surface area (Å²) in [5.74, 6) is -0.249. The van der Waals surface area contributed by atoms with Gasteiger partial charge in [-0.2, -0.15) is 0 Å². The summed E-state index contributed by atoms with van der Waals surface area (Å²) < 4.78 is 10.3. The van der Waals surface area contributed by atoms with Gasteiger partial charge >= 0.3 is 12.1 Å². The van der Waals surface area contributed by atoms with E-state index in [2.05, 4.69) is 10.6 Å². The van der Waals surface area contributed by atoms with Gasteiger partial charge in [-0.1, -0.05) is 30.3 Å². The Hall–Kier alpha value is -2.08. The predicted molar refractivity (Wildman–Crippen MR) is 88.0 cm³/mol. The molecule has 1 amide bonds. The Bertz CT molecular complexity index is 483. The lowest BCUT2D eigenvalue weighted by molar-refractivity contribution is -0.144. The molecule has 0 aliphatic carbocycles. The highest BCUT2D eigenvalue weighted by atomic mass is 16.6. The van der Waals surface area contributed by atoms with E-state index in [1.54, 1.807) is 0 Å². The summed E-state index contributed by atoms with van der Waals surface area (Å²) in [4.78, 5) is 22.9. The Morgan fingerprint density at radius 3 is 2.39 bits per heavy atom. The Balaban J connectivity index is 2.00. The summed E-state index contributed by atoms with van der Waals surface area (Å²) >= 11 is 0. The average Bonchev–Trinajstić information content (AvgIpc) is 2.48. The van der Waals surface area contributed by atoms with Gasteiger partial charge in [-0.15, -0.1) is 0 Å². The van der Waals surface area contributed by atoms with Crippen LogP contribution in [0.3, 0.4) is 0 Å². The summed E-state index contributed by atoms with van der Waals surface area (Å²) in [6.45, 7) is 7.23. The van der Waals surface area contributed by atoms with E-state index >= 15 is 0 Å². The minimum Gasteiger partial charge on any atom is -0.461 e. The molecule has 0 aliphatic heterocycles. The maximum Gasteiger partial charge on any atom is 0.407 e. The van der Waals surface area contributed by atoms with E-state index in [4.69, 9.17) is 9.47 Å². The summed E-state index contributed by atoms with van der Waals surface area (Å²) in [5, 5.41) is 5.70. The van der Waals surface area contributed by atoms with Gasteiger partial charge < -0.3 is 20.1 Å². The van der Waals surface area contributed by atoms with E-state index in [9.17, 15) is 9.59 Å². The van der Waals surface area contributed by atoms with Crippen LogP contribution in [0.25, 0.3) is 0 Å². The zero-order valence-electron chi connectivity index (χ0n) is 14.1. The summed E-state index contributed by atoms with van der Waals surface area (Å²) in [6, 6.07) is 9.55. The summed E-state index contributed by atoms with van der Waals surface area (Å²) in [5.41, 5.74) is 0.468.